The van der Waals surface area contributed by atoms with Gasteiger partial charge in [0.05, 0.1) is 0 Å². The molecule has 1 saturated heterocycles. The molecule has 0 bridgehead atoms. The van der Waals surface area contributed by atoms with Crippen LogP contribution in [0.5, 0.6) is 0 Å². The first-order valence-corrected chi connectivity index (χ1v) is 8.95. The number of piperazine rings is 1. The fourth-order valence-corrected chi connectivity index (χ4v) is 3.52. The van der Waals surface area contributed by atoms with Crippen LogP contribution in [-0.2, 0) is 9.59 Å². The maximum absolute atomic E-state index is 12.5. The third-order valence-electron chi connectivity index (χ3n) is 5.51. The Balaban J connectivity index is 1.82. The third kappa shape index (κ3) is 4.00. The van der Waals surface area contributed by atoms with E-state index in [0.717, 1.165) is 19.3 Å². The predicted molar refractivity (Wildman–Crippen MR) is 85.9 cm³/mol. The van der Waals surface area contributed by atoms with Crippen molar-refractivity contribution in [2.45, 2.75) is 58.4 Å². The van der Waals surface area contributed by atoms with Gasteiger partial charge in [-0.05, 0) is 19.3 Å². The lowest BCUT2D eigenvalue weighted by atomic mass is 9.88. The highest BCUT2D eigenvalue weighted by molar-refractivity contribution is 5.82. The topological polar surface area (TPSA) is 68.3 Å². The van der Waals surface area contributed by atoms with Crippen molar-refractivity contribution in [3.05, 3.63) is 0 Å². The van der Waals surface area contributed by atoms with Gasteiger partial charge in [-0.1, -0.05) is 33.1 Å². The molecule has 2 aliphatic rings. The lowest BCUT2D eigenvalue weighted by Gasteiger charge is -2.37. The molecule has 2 amide bonds. The Morgan fingerprint density at radius 1 is 1.05 bits per heavy atom. The van der Waals surface area contributed by atoms with E-state index in [9.17, 15) is 9.59 Å². The summed E-state index contributed by atoms with van der Waals surface area (Å²) in [7, 11) is 0. The first-order valence-electron chi connectivity index (χ1n) is 8.95. The van der Waals surface area contributed by atoms with Crippen molar-refractivity contribution >= 4 is 11.8 Å². The largest absolute Gasteiger partial charge is 0.347 e. The van der Waals surface area contributed by atoms with Crippen LogP contribution in [0.3, 0.4) is 0 Å². The van der Waals surface area contributed by atoms with Gasteiger partial charge in [0.1, 0.15) is 0 Å². The highest BCUT2D eigenvalue weighted by Gasteiger charge is 2.33. The van der Waals surface area contributed by atoms with E-state index in [0.29, 0.717) is 38.0 Å². The Labute approximate surface area is 134 Å². The summed E-state index contributed by atoms with van der Waals surface area (Å²) < 4.78 is 0. The van der Waals surface area contributed by atoms with Crippen molar-refractivity contribution in [3.8, 4) is 0 Å². The van der Waals surface area contributed by atoms with Crippen LogP contribution in [0.1, 0.15) is 52.4 Å². The normalized spacial score (nSPS) is 23.2. The number of carbonyl (C=O) groups is 2. The van der Waals surface area contributed by atoms with E-state index >= 15 is 0 Å². The highest BCUT2D eigenvalue weighted by atomic mass is 16.2. The van der Waals surface area contributed by atoms with Crippen LogP contribution in [0.4, 0.5) is 0 Å². The molecule has 0 spiro atoms. The molecular formula is C17H32N3O2+. The van der Waals surface area contributed by atoms with Gasteiger partial charge in [0.15, 0.2) is 6.04 Å². The Morgan fingerprint density at radius 2 is 1.59 bits per heavy atom. The first-order chi connectivity index (χ1) is 10.5. The lowest BCUT2D eigenvalue weighted by Crippen LogP contribution is -2.71. The van der Waals surface area contributed by atoms with Crippen molar-refractivity contribution in [1.29, 1.82) is 0 Å². The van der Waals surface area contributed by atoms with Gasteiger partial charge in [-0.2, -0.15) is 0 Å². The molecule has 0 aromatic heterocycles. The van der Waals surface area contributed by atoms with E-state index in [1.54, 1.807) is 0 Å². The monoisotopic (exact) mass is 310 g/mol. The molecule has 0 unspecified atom stereocenters. The number of amides is 2. The quantitative estimate of drug-likeness (QED) is 0.838. The highest BCUT2D eigenvalue weighted by Crippen LogP contribution is 2.25. The smallest absolute Gasteiger partial charge is 0.281 e. The van der Waals surface area contributed by atoms with E-state index in [1.165, 1.54) is 19.3 Å². The molecule has 1 aliphatic heterocycles. The second kappa shape index (κ2) is 7.95. The SMILES string of the molecule is CC[C@@H](C)[C@H]([NH3+])C(=O)N1CCN(C(=O)C2CCCCC2)CC1. The summed E-state index contributed by atoms with van der Waals surface area (Å²) in [6, 6.07) is -0.161. The molecule has 126 valence electrons. The van der Waals surface area contributed by atoms with Crippen molar-refractivity contribution in [2.24, 2.45) is 11.8 Å². The molecule has 2 fully saturated rings. The summed E-state index contributed by atoms with van der Waals surface area (Å²) in [5, 5.41) is 0. The Kier molecular flexibility index (Phi) is 6.24. The van der Waals surface area contributed by atoms with Gasteiger partial charge >= 0.3 is 0 Å². The fraction of sp³-hybridized carbons (Fsp3) is 0.882. The average Bonchev–Trinajstić information content (AvgIpc) is 2.60. The zero-order valence-corrected chi connectivity index (χ0v) is 14.2. The van der Waals surface area contributed by atoms with Crippen LogP contribution < -0.4 is 5.73 Å². The zero-order valence-electron chi connectivity index (χ0n) is 14.2. The zero-order chi connectivity index (χ0) is 16.1. The number of rotatable bonds is 4. The van der Waals surface area contributed by atoms with Crippen molar-refractivity contribution in [3.63, 3.8) is 0 Å². The Hall–Kier alpha value is -1.10. The summed E-state index contributed by atoms with van der Waals surface area (Å²) in [6.07, 6.45) is 6.71. The molecule has 3 N–H and O–H groups in total. The molecule has 1 heterocycles. The van der Waals surface area contributed by atoms with Gasteiger partial charge in [0.2, 0.25) is 5.91 Å². The number of hydrogen-bond acceptors (Lipinski definition) is 2. The Bertz CT molecular complexity index is 363. The fourth-order valence-electron chi connectivity index (χ4n) is 3.52. The maximum atomic E-state index is 12.5. The third-order valence-corrected chi connectivity index (χ3v) is 5.51. The van der Waals surface area contributed by atoms with Crippen LogP contribution in [0.15, 0.2) is 0 Å². The second-order valence-corrected chi connectivity index (χ2v) is 6.98. The summed E-state index contributed by atoms with van der Waals surface area (Å²) >= 11 is 0. The van der Waals surface area contributed by atoms with Crippen LogP contribution in [0.25, 0.3) is 0 Å². The molecule has 0 aromatic rings. The molecule has 5 nitrogen and oxygen atoms in total. The molecule has 1 saturated carbocycles. The molecule has 2 rings (SSSR count). The second-order valence-electron chi connectivity index (χ2n) is 6.98. The van der Waals surface area contributed by atoms with Gasteiger partial charge in [-0.3, -0.25) is 9.59 Å². The van der Waals surface area contributed by atoms with Crippen LogP contribution in [-0.4, -0.2) is 53.8 Å². The van der Waals surface area contributed by atoms with Crippen molar-refractivity contribution in [1.82, 2.24) is 9.80 Å². The molecule has 1 aliphatic carbocycles. The minimum atomic E-state index is -0.161. The number of hydrogen-bond donors (Lipinski definition) is 1. The minimum absolute atomic E-state index is 0.152. The Morgan fingerprint density at radius 3 is 2.14 bits per heavy atom. The van der Waals surface area contributed by atoms with Gasteiger partial charge in [-0.25, -0.2) is 0 Å². The van der Waals surface area contributed by atoms with Gasteiger partial charge in [0.25, 0.3) is 5.91 Å². The van der Waals surface area contributed by atoms with E-state index in [2.05, 4.69) is 19.6 Å². The predicted octanol–water partition coefficient (Wildman–Crippen LogP) is 0.894. The van der Waals surface area contributed by atoms with E-state index < -0.39 is 0 Å². The summed E-state index contributed by atoms with van der Waals surface area (Å²) in [4.78, 5) is 28.8. The summed E-state index contributed by atoms with van der Waals surface area (Å²) in [5.74, 6) is 1.02. The van der Waals surface area contributed by atoms with Gasteiger partial charge in [0, 0.05) is 38.0 Å². The molecule has 0 aromatic carbocycles. The number of nitrogens with zero attached hydrogens (tertiary/aromatic N) is 2. The van der Waals surface area contributed by atoms with Crippen molar-refractivity contribution in [2.75, 3.05) is 26.2 Å². The lowest BCUT2D eigenvalue weighted by molar-refractivity contribution is -0.417. The van der Waals surface area contributed by atoms with E-state index in [-0.39, 0.29) is 17.9 Å². The average molecular weight is 310 g/mol. The van der Waals surface area contributed by atoms with Crippen molar-refractivity contribution < 1.29 is 15.3 Å². The molecule has 0 radical (unpaired) electrons. The van der Waals surface area contributed by atoms with E-state index in [1.807, 2.05) is 9.80 Å². The molecule has 2 atom stereocenters. The first kappa shape index (κ1) is 17.3. The van der Waals surface area contributed by atoms with Crippen LogP contribution in [0.2, 0.25) is 0 Å². The van der Waals surface area contributed by atoms with Crippen LogP contribution >= 0.6 is 0 Å². The molecule has 22 heavy (non-hydrogen) atoms. The summed E-state index contributed by atoms with van der Waals surface area (Å²) in [6.45, 7) is 6.89. The maximum Gasteiger partial charge on any atom is 0.281 e. The molecule has 5 heteroatoms. The van der Waals surface area contributed by atoms with E-state index in [4.69, 9.17) is 0 Å². The van der Waals surface area contributed by atoms with Crippen LogP contribution in [0, 0.1) is 11.8 Å². The van der Waals surface area contributed by atoms with Gasteiger partial charge < -0.3 is 15.5 Å². The standard InChI is InChI=1S/C17H31N3O2/c1-3-13(2)15(18)17(22)20-11-9-19(10-12-20)16(21)14-7-5-4-6-8-14/h13-15H,3-12,18H2,1-2H3/p+1/t13-,15+/m1/s1. The number of carbonyl (C=O) groups excluding carboxylic acids is 2. The minimum Gasteiger partial charge on any atom is -0.347 e. The number of quaternary nitrogens is 1. The molecular weight excluding hydrogens is 278 g/mol. The van der Waals surface area contributed by atoms with Gasteiger partial charge in [-0.15, -0.1) is 0 Å². The summed E-state index contributed by atoms with van der Waals surface area (Å²) in [5.41, 5.74) is 4.04.